The summed E-state index contributed by atoms with van der Waals surface area (Å²) >= 11 is 0. The summed E-state index contributed by atoms with van der Waals surface area (Å²) in [6.45, 7) is 0. The topological polar surface area (TPSA) is 190 Å². The Hall–Kier alpha value is 0.273. The summed E-state index contributed by atoms with van der Waals surface area (Å²) in [5.74, 6) is 0. The van der Waals surface area contributed by atoms with E-state index in [2.05, 4.69) is 0 Å². The molecule has 0 unspecified atom stereocenters. The molecule has 6 N–H and O–H groups in total. The molecule has 0 aromatic heterocycles. The fraction of sp³-hybridized carbons (Fsp3) is 0. The second-order valence-electron chi connectivity index (χ2n) is 3.00. The van der Waals surface area contributed by atoms with Gasteiger partial charge in [0.05, 0.1) is 5.30 Å². The van der Waals surface area contributed by atoms with Crippen LogP contribution in [0, 0.1) is 0 Å². The summed E-state index contributed by atoms with van der Waals surface area (Å²) in [6.07, 6.45) is 0. The van der Waals surface area contributed by atoms with Crippen LogP contribution >= 0.6 is 15.4 Å². The van der Waals surface area contributed by atoms with E-state index >= 15 is 0 Å². The first-order valence-corrected chi connectivity index (χ1v) is 8.75. The SMILES string of the molecule is O=P(O)(O)O.O=P(O)(O)c1ccccc1S(=O)(=O)O.[Zr]. The molecular formula is C6H10O10P2SZr. The van der Waals surface area contributed by atoms with E-state index in [0.717, 1.165) is 12.1 Å². The van der Waals surface area contributed by atoms with Crippen LogP contribution in [0.25, 0.3) is 0 Å². The van der Waals surface area contributed by atoms with Crippen LogP contribution in [-0.2, 0) is 45.5 Å². The van der Waals surface area contributed by atoms with Gasteiger partial charge in [0, 0.05) is 26.2 Å². The zero-order chi connectivity index (χ0) is 15.5. The zero-order valence-electron chi connectivity index (χ0n) is 9.43. The minimum atomic E-state index is -4.69. The second-order valence-corrected chi connectivity index (χ2v) is 6.99. The molecule has 1 rings (SSSR count). The quantitative estimate of drug-likeness (QED) is 0.247. The summed E-state index contributed by atoms with van der Waals surface area (Å²) in [6, 6.07) is 4.39. The van der Waals surface area contributed by atoms with Gasteiger partial charge in [-0.25, -0.2) is 4.57 Å². The molecule has 0 spiro atoms. The Morgan fingerprint density at radius 3 is 1.50 bits per heavy atom. The Morgan fingerprint density at radius 1 is 0.900 bits per heavy atom. The molecule has 0 saturated carbocycles. The zero-order valence-corrected chi connectivity index (χ0v) is 14.5. The number of hydrogen-bond acceptors (Lipinski definition) is 4. The molecule has 14 heteroatoms. The number of hydrogen-bond donors (Lipinski definition) is 6. The molecule has 0 aliphatic rings. The van der Waals surface area contributed by atoms with Crippen LogP contribution in [-0.4, -0.2) is 37.4 Å². The third kappa shape index (κ3) is 10.1. The molecule has 0 radical (unpaired) electrons. The summed E-state index contributed by atoms with van der Waals surface area (Å²) in [5, 5.41) is -0.706. The molecule has 0 heterocycles. The molecule has 0 fully saturated rings. The van der Waals surface area contributed by atoms with Crippen LogP contribution < -0.4 is 5.30 Å². The van der Waals surface area contributed by atoms with E-state index in [1.165, 1.54) is 12.1 Å². The third-order valence-electron chi connectivity index (χ3n) is 1.46. The molecule has 0 atom stereocenters. The van der Waals surface area contributed by atoms with Gasteiger partial charge < -0.3 is 24.5 Å². The van der Waals surface area contributed by atoms with Crippen molar-refractivity contribution in [3.8, 4) is 0 Å². The molecular weight excluding hydrogens is 417 g/mol. The largest absolute Gasteiger partial charge is 0.466 e. The maximum Gasteiger partial charge on any atom is 0.466 e. The van der Waals surface area contributed by atoms with Gasteiger partial charge in [0.15, 0.2) is 0 Å². The van der Waals surface area contributed by atoms with Gasteiger partial charge in [-0.1, -0.05) is 12.1 Å². The molecule has 20 heavy (non-hydrogen) atoms. The molecule has 0 aliphatic carbocycles. The maximum atomic E-state index is 10.8. The Balaban J connectivity index is 0. The van der Waals surface area contributed by atoms with E-state index in [-0.39, 0.29) is 26.2 Å². The van der Waals surface area contributed by atoms with Crippen molar-refractivity contribution in [3.05, 3.63) is 24.3 Å². The fourth-order valence-electron chi connectivity index (χ4n) is 0.916. The van der Waals surface area contributed by atoms with Gasteiger partial charge in [0.1, 0.15) is 4.90 Å². The van der Waals surface area contributed by atoms with Crippen molar-refractivity contribution in [2.24, 2.45) is 0 Å². The van der Waals surface area contributed by atoms with Gasteiger partial charge in [0.25, 0.3) is 10.1 Å². The first kappa shape index (κ1) is 22.6. The normalized spacial score (nSPS) is 11.9. The Labute approximate surface area is 132 Å². The minimum absolute atomic E-state index is 0. The van der Waals surface area contributed by atoms with Crippen molar-refractivity contribution in [1.29, 1.82) is 0 Å². The van der Waals surface area contributed by atoms with Gasteiger partial charge >= 0.3 is 15.4 Å². The van der Waals surface area contributed by atoms with Crippen molar-refractivity contribution in [2.75, 3.05) is 0 Å². The van der Waals surface area contributed by atoms with Crippen molar-refractivity contribution in [3.63, 3.8) is 0 Å². The standard InChI is InChI=1S/C6H7O6PS.H3O4P.Zr/c7-13(8,9)5-3-1-2-4-6(5)14(10,11)12;1-5(2,3)4;/h1-4H,(H2,7,8,9)(H,10,11,12);(H3,1,2,3,4);. The average molecular weight is 427 g/mol. The van der Waals surface area contributed by atoms with Crippen LogP contribution in [0.3, 0.4) is 0 Å². The smallest absolute Gasteiger partial charge is 0.321 e. The molecule has 0 amide bonds. The van der Waals surface area contributed by atoms with E-state index in [1.807, 2.05) is 0 Å². The monoisotopic (exact) mass is 426 g/mol. The predicted molar refractivity (Wildman–Crippen MR) is 62.2 cm³/mol. The van der Waals surface area contributed by atoms with E-state index in [0.29, 0.717) is 0 Å². The Kier molecular flexibility index (Phi) is 9.08. The summed E-state index contributed by atoms with van der Waals surface area (Å²) in [7, 11) is -13.9. The van der Waals surface area contributed by atoms with Crippen LogP contribution in [0.5, 0.6) is 0 Å². The second kappa shape index (κ2) is 8.05. The fourth-order valence-corrected chi connectivity index (χ4v) is 2.84. The Bertz CT molecular complexity index is 623. The number of phosphoric acid groups is 1. The van der Waals surface area contributed by atoms with Gasteiger partial charge in [-0.3, -0.25) is 9.12 Å². The molecule has 0 aliphatic heterocycles. The van der Waals surface area contributed by atoms with Crippen molar-refractivity contribution < 1.29 is 72.8 Å². The number of benzene rings is 1. The van der Waals surface area contributed by atoms with Crippen LogP contribution in [0.2, 0.25) is 0 Å². The predicted octanol–water partition coefficient (Wildman–Crippen LogP) is -1.19. The van der Waals surface area contributed by atoms with Crippen LogP contribution in [0.1, 0.15) is 0 Å². The summed E-state index contributed by atoms with van der Waals surface area (Å²) in [4.78, 5) is 38.3. The molecule has 114 valence electrons. The van der Waals surface area contributed by atoms with Gasteiger partial charge in [0.2, 0.25) is 0 Å². The van der Waals surface area contributed by atoms with Gasteiger partial charge in [-0.05, 0) is 12.1 Å². The van der Waals surface area contributed by atoms with Crippen molar-refractivity contribution in [2.45, 2.75) is 4.90 Å². The van der Waals surface area contributed by atoms with Crippen molar-refractivity contribution >= 4 is 30.8 Å². The minimum Gasteiger partial charge on any atom is -0.321 e. The van der Waals surface area contributed by atoms with Gasteiger partial charge in [-0.2, -0.15) is 8.42 Å². The first-order chi connectivity index (χ1) is 8.23. The van der Waals surface area contributed by atoms with E-state index in [4.69, 9.17) is 33.6 Å². The molecule has 1 aromatic rings. The first-order valence-electron chi connectivity index (χ1n) is 4.14. The summed E-state index contributed by atoms with van der Waals surface area (Å²) < 4.78 is 49.8. The molecule has 1 aromatic carbocycles. The van der Waals surface area contributed by atoms with Crippen LogP contribution in [0.4, 0.5) is 0 Å². The summed E-state index contributed by atoms with van der Waals surface area (Å²) in [5.41, 5.74) is 0. The van der Waals surface area contributed by atoms with Crippen molar-refractivity contribution in [1.82, 2.24) is 0 Å². The van der Waals surface area contributed by atoms with E-state index < -0.39 is 35.7 Å². The average Bonchev–Trinajstić information content (AvgIpc) is 2.12. The van der Waals surface area contributed by atoms with Crippen LogP contribution in [0.15, 0.2) is 29.2 Å². The van der Waals surface area contributed by atoms with Gasteiger partial charge in [-0.15, -0.1) is 0 Å². The Morgan fingerprint density at radius 2 is 1.25 bits per heavy atom. The molecule has 0 bridgehead atoms. The molecule has 10 nitrogen and oxygen atoms in total. The maximum absolute atomic E-state index is 10.8. The number of rotatable bonds is 2. The van der Waals surface area contributed by atoms with E-state index in [1.54, 1.807) is 0 Å². The third-order valence-corrected chi connectivity index (χ3v) is 3.54. The molecule has 0 saturated heterocycles. The van der Waals surface area contributed by atoms with E-state index in [9.17, 15) is 13.0 Å².